The maximum atomic E-state index is 12.4. The van der Waals surface area contributed by atoms with Gasteiger partial charge in [-0.15, -0.1) is 0 Å². The second-order valence-corrected chi connectivity index (χ2v) is 6.86. The molecule has 31 heavy (non-hydrogen) atoms. The number of nitriles is 1. The fourth-order valence-corrected chi connectivity index (χ4v) is 2.89. The lowest BCUT2D eigenvalue weighted by Crippen LogP contribution is -2.13. The van der Waals surface area contributed by atoms with E-state index < -0.39 is 5.91 Å². The molecule has 0 radical (unpaired) electrons. The van der Waals surface area contributed by atoms with Crippen molar-refractivity contribution in [1.29, 1.82) is 5.26 Å². The van der Waals surface area contributed by atoms with Crippen molar-refractivity contribution in [1.82, 2.24) is 5.16 Å². The number of carbonyl (C=O) groups is 1. The van der Waals surface area contributed by atoms with Gasteiger partial charge in [-0.3, -0.25) is 4.79 Å². The average molecular weight is 417 g/mol. The topological polar surface area (TPSA) is 97.4 Å². The molecule has 2 aromatic carbocycles. The zero-order valence-electron chi connectivity index (χ0n) is 17.6. The Morgan fingerprint density at radius 2 is 2.00 bits per heavy atom. The second-order valence-electron chi connectivity index (χ2n) is 6.86. The van der Waals surface area contributed by atoms with Crippen LogP contribution in [0.2, 0.25) is 0 Å². The summed E-state index contributed by atoms with van der Waals surface area (Å²) in [5.74, 6) is 1.35. The van der Waals surface area contributed by atoms with Crippen LogP contribution in [0.25, 0.3) is 6.08 Å². The van der Waals surface area contributed by atoms with Gasteiger partial charge in [0.05, 0.1) is 6.61 Å². The number of rotatable bonds is 8. The number of nitrogens with one attached hydrogen (secondary N) is 1. The molecule has 1 aromatic heterocycles. The van der Waals surface area contributed by atoms with Crippen molar-refractivity contribution in [2.45, 2.75) is 27.4 Å². The fourth-order valence-electron chi connectivity index (χ4n) is 2.89. The molecule has 158 valence electrons. The summed E-state index contributed by atoms with van der Waals surface area (Å²) < 4.78 is 16.6. The van der Waals surface area contributed by atoms with Gasteiger partial charge in [0.25, 0.3) is 5.91 Å². The first-order valence-electron chi connectivity index (χ1n) is 9.80. The number of aryl methyl sites for hydroxylation is 2. The van der Waals surface area contributed by atoms with E-state index in [1.54, 1.807) is 31.2 Å². The molecule has 0 bridgehead atoms. The van der Waals surface area contributed by atoms with Crippen LogP contribution in [-0.4, -0.2) is 17.7 Å². The van der Waals surface area contributed by atoms with Crippen LogP contribution in [0.5, 0.6) is 11.5 Å². The van der Waals surface area contributed by atoms with Gasteiger partial charge in [0, 0.05) is 6.07 Å². The van der Waals surface area contributed by atoms with Crippen LogP contribution in [-0.2, 0) is 11.4 Å². The number of hydrogen-bond donors (Lipinski definition) is 1. The molecule has 1 amide bonds. The second kappa shape index (κ2) is 10.1. The molecular formula is C24H23N3O4. The zero-order valence-corrected chi connectivity index (χ0v) is 17.6. The number of nitrogens with zero attached hydrogens (tertiary/aromatic N) is 2. The van der Waals surface area contributed by atoms with Gasteiger partial charge in [0.1, 0.15) is 24.0 Å². The molecule has 1 N–H and O–H groups in total. The monoisotopic (exact) mass is 417 g/mol. The van der Waals surface area contributed by atoms with Crippen LogP contribution in [0.15, 0.2) is 58.6 Å². The van der Waals surface area contributed by atoms with Crippen molar-refractivity contribution in [3.8, 4) is 17.6 Å². The summed E-state index contributed by atoms with van der Waals surface area (Å²) in [6.07, 6.45) is 1.48. The maximum absolute atomic E-state index is 12.4. The van der Waals surface area contributed by atoms with Gasteiger partial charge >= 0.3 is 0 Å². The predicted octanol–water partition coefficient (Wildman–Crippen LogP) is 4.81. The Kier molecular flexibility index (Phi) is 7.07. The van der Waals surface area contributed by atoms with Gasteiger partial charge in [-0.05, 0) is 50.1 Å². The largest absolute Gasteiger partial charge is 0.490 e. The minimum Gasteiger partial charge on any atom is -0.490 e. The molecular weight excluding hydrogens is 394 g/mol. The summed E-state index contributed by atoms with van der Waals surface area (Å²) in [5, 5.41) is 15.7. The number of benzene rings is 2. The van der Waals surface area contributed by atoms with Gasteiger partial charge in [-0.25, -0.2) is 0 Å². The molecule has 0 saturated carbocycles. The summed E-state index contributed by atoms with van der Waals surface area (Å²) in [5.41, 5.74) is 2.78. The van der Waals surface area contributed by atoms with E-state index in [1.165, 1.54) is 6.08 Å². The smallest absolute Gasteiger partial charge is 0.267 e. The highest BCUT2D eigenvalue weighted by Gasteiger charge is 2.13. The number of hydrogen-bond acceptors (Lipinski definition) is 6. The third-order valence-electron chi connectivity index (χ3n) is 4.29. The molecule has 7 nitrogen and oxygen atoms in total. The Labute approximate surface area is 180 Å². The average Bonchev–Trinajstić information content (AvgIpc) is 3.16. The number of aromatic nitrogens is 1. The van der Waals surface area contributed by atoms with Crippen LogP contribution in [0.4, 0.5) is 5.82 Å². The van der Waals surface area contributed by atoms with Crippen molar-refractivity contribution in [3.05, 3.63) is 76.6 Å². The number of anilines is 1. The van der Waals surface area contributed by atoms with Gasteiger partial charge in [0.15, 0.2) is 17.3 Å². The zero-order chi connectivity index (χ0) is 22.2. The number of amides is 1. The summed E-state index contributed by atoms with van der Waals surface area (Å²) in [7, 11) is 0. The molecule has 0 saturated heterocycles. The third kappa shape index (κ3) is 5.97. The highest BCUT2D eigenvalue weighted by Crippen LogP contribution is 2.30. The highest BCUT2D eigenvalue weighted by molar-refractivity contribution is 6.09. The molecule has 1 heterocycles. The van der Waals surface area contributed by atoms with E-state index in [1.807, 2.05) is 38.1 Å². The molecule has 0 aliphatic carbocycles. The van der Waals surface area contributed by atoms with Gasteiger partial charge in [-0.1, -0.05) is 41.1 Å². The van der Waals surface area contributed by atoms with Gasteiger partial charge in [0.2, 0.25) is 0 Å². The van der Waals surface area contributed by atoms with Crippen molar-refractivity contribution in [3.63, 3.8) is 0 Å². The fraction of sp³-hybridized carbons (Fsp3) is 0.208. The first-order chi connectivity index (χ1) is 15.0. The third-order valence-corrected chi connectivity index (χ3v) is 4.29. The first kappa shape index (κ1) is 21.7. The van der Waals surface area contributed by atoms with Crippen LogP contribution in [0.1, 0.15) is 29.4 Å². The Morgan fingerprint density at radius 1 is 1.16 bits per heavy atom. The predicted molar refractivity (Wildman–Crippen MR) is 117 cm³/mol. The molecule has 0 unspecified atom stereocenters. The van der Waals surface area contributed by atoms with Crippen LogP contribution in [0, 0.1) is 25.2 Å². The van der Waals surface area contributed by atoms with E-state index in [0.29, 0.717) is 36.0 Å². The quantitative estimate of drug-likeness (QED) is 0.417. The molecule has 3 aromatic rings. The molecule has 3 rings (SSSR count). The SMILES string of the molecule is CCOc1cc(/C=C(/C#N)C(=O)Nc2cc(C)on2)ccc1OCc1cccc(C)c1. The van der Waals surface area contributed by atoms with Crippen molar-refractivity contribution in [2.24, 2.45) is 0 Å². The molecule has 0 atom stereocenters. The first-order valence-corrected chi connectivity index (χ1v) is 9.80. The van der Waals surface area contributed by atoms with Crippen LogP contribution < -0.4 is 14.8 Å². The minimum atomic E-state index is -0.575. The standard InChI is InChI=1S/C24H23N3O4/c1-4-29-22-13-18(8-9-21(22)30-15-19-7-5-6-16(2)10-19)12-20(14-25)24(28)26-23-11-17(3)31-27-23/h5-13H,4,15H2,1-3H3,(H,26,27,28)/b20-12-. The molecule has 7 heteroatoms. The van der Waals surface area contributed by atoms with Gasteiger partial charge in [-0.2, -0.15) is 5.26 Å². The number of carbonyl (C=O) groups excluding carboxylic acids is 1. The van der Waals surface area contributed by atoms with Crippen molar-refractivity contribution in [2.75, 3.05) is 11.9 Å². The van der Waals surface area contributed by atoms with Crippen LogP contribution >= 0.6 is 0 Å². The Balaban J connectivity index is 1.78. The summed E-state index contributed by atoms with van der Waals surface area (Å²) in [6.45, 7) is 6.47. The lowest BCUT2D eigenvalue weighted by molar-refractivity contribution is -0.112. The summed E-state index contributed by atoms with van der Waals surface area (Å²) in [6, 6.07) is 16.8. The van der Waals surface area contributed by atoms with E-state index >= 15 is 0 Å². The Bertz CT molecular complexity index is 1140. The molecule has 0 aliphatic heterocycles. The summed E-state index contributed by atoms with van der Waals surface area (Å²) in [4.78, 5) is 12.4. The van der Waals surface area contributed by atoms with E-state index in [-0.39, 0.29) is 11.4 Å². The van der Waals surface area contributed by atoms with E-state index in [9.17, 15) is 10.1 Å². The minimum absolute atomic E-state index is 0.0727. The molecule has 0 spiro atoms. The Hall–Kier alpha value is -4.05. The summed E-state index contributed by atoms with van der Waals surface area (Å²) >= 11 is 0. The lowest BCUT2D eigenvalue weighted by atomic mass is 10.1. The van der Waals surface area contributed by atoms with Crippen molar-refractivity contribution < 1.29 is 18.8 Å². The Morgan fingerprint density at radius 3 is 2.68 bits per heavy atom. The maximum Gasteiger partial charge on any atom is 0.267 e. The van der Waals surface area contributed by atoms with E-state index in [0.717, 1.165) is 11.1 Å². The van der Waals surface area contributed by atoms with Crippen LogP contribution in [0.3, 0.4) is 0 Å². The molecule has 0 aliphatic rings. The van der Waals surface area contributed by atoms with Crippen molar-refractivity contribution >= 4 is 17.8 Å². The highest BCUT2D eigenvalue weighted by atomic mass is 16.5. The van der Waals surface area contributed by atoms with E-state index in [4.69, 9.17) is 14.0 Å². The molecule has 0 fully saturated rings. The number of ether oxygens (including phenoxy) is 2. The lowest BCUT2D eigenvalue weighted by Gasteiger charge is -2.13. The van der Waals surface area contributed by atoms with Gasteiger partial charge < -0.3 is 19.3 Å². The normalized spacial score (nSPS) is 11.0. The van der Waals surface area contributed by atoms with E-state index in [2.05, 4.69) is 16.5 Å².